The maximum atomic E-state index is 11.6. The van der Waals surface area contributed by atoms with Gasteiger partial charge in [0.2, 0.25) is 0 Å². The Bertz CT molecular complexity index is 255. The minimum absolute atomic E-state index is 0.00984. The van der Waals surface area contributed by atoms with Crippen LogP contribution in [-0.4, -0.2) is 43.2 Å². The molecule has 92 valence electrons. The van der Waals surface area contributed by atoms with E-state index in [1.54, 1.807) is 0 Å². The average Bonchev–Trinajstić information content (AvgIpc) is 2.92. The number of urea groups is 1. The monoisotopic (exact) mass is 225 g/mol. The van der Waals surface area contributed by atoms with Crippen LogP contribution in [0, 0.1) is 0 Å². The molecule has 2 fully saturated rings. The van der Waals surface area contributed by atoms with Crippen LogP contribution >= 0.6 is 0 Å². The summed E-state index contributed by atoms with van der Waals surface area (Å²) in [5, 5.41) is 5.99. The molecule has 0 heterocycles. The van der Waals surface area contributed by atoms with Crippen molar-refractivity contribution in [2.45, 2.75) is 50.1 Å². The van der Waals surface area contributed by atoms with Crippen LogP contribution in [0.25, 0.3) is 0 Å². The Balaban J connectivity index is 1.79. The second kappa shape index (κ2) is 4.62. The van der Waals surface area contributed by atoms with Crippen molar-refractivity contribution in [3.05, 3.63) is 0 Å². The second-order valence-corrected chi connectivity index (χ2v) is 5.43. The van der Waals surface area contributed by atoms with E-state index in [1.807, 2.05) is 0 Å². The molecule has 0 atom stereocenters. The van der Waals surface area contributed by atoms with Gasteiger partial charge in [0.15, 0.2) is 0 Å². The smallest absolute Gasteiger partial charge is 0.315 e. The van der Waals surface area contributed by atoms with Crippen molar-refractivity contribution in [2.75, 3.05) is 20.6 Å². The van der Waals surface area contributed by atoms with Crippen LogP contribution in [0.2, 0.25) is 0 Å². The fraction of sp³-hybridized carbons (Fsp3) is 0.917. The number of carbonyl (C=O) groups excluding carboxylic acids is 1. The maximum Gasteiger partial charge on any atom is 0.315 e. The summed E-state index contributed by atoms with van der Waals surface area (Å²) in [6, 6.07) is 0.453. The summed E-state index contributed by atoms with van der Waals surface area (Å²) in [5.74, 6) is 0. The zero-order valence-corrected chi connectivity index (χ0v) is 10.4. The fourth-order valence-corrected chi connectivity index (χ4v) is 2.52. The molecular weight excluding hydrogens is 202 g/mol. The van der Waals surface area contributed by atoms with E-state index in [0.717, 1.165) is 19.4 Å². The Kier molecular flexibility index (Phi) is 3.38. The third-order valence-corrected chi connectivity index (χ3v) is 3.97. The maximum absolute atomic E-state index is 11.6. The SMILES string of the molecule is CN(C)C1(CNC(=O)NC2CC2)CCCC1. The van der Waals surface area contributed by atoms with Gasteiger partial charge in [-0.15, -0.1) is 0 Å². The lowest BCUT2D eigenvalue weighted by atomic mass is 9.96. The third kappa shape index (κ3) is 2.67. The van der Waals surface area contributed by atoms with Crippen molar-refractivity contribution in [2.24, 2.45) is 0 Å². The highest BCUT2D eigenvalue weighted by atomic mass is 16.2. The van der Waals surface area contributed by atoms with Gasteiger partial charge in [0.05, 0.1) is 0 Å². The van der Waals surface area contributed by atoms with Gasteiger partial charge in [0.1, 0.15) is 0 Å². The number of nitrogens with one attached hydrogen (secondary N) is 2. The van der Waals surface area contributed by atoms with Crippen molar-refractivity contribution in [3.8, 4) is 0 Å². The zero-order valence-electron chi connectivity index (χ0n) is 10.4. The molecule has 2 saturated carbocycles. The molecule has 0 aromatic heterocycles. The Labute approximate surface area is 97.8 Å². The lowest BCUT2D eigenvalue weighted by Gasteiger charge is -2.36. The van der Waals surface area contributed by atoms with Crippen LogP contribution in [0.1, 0.15) is 38.5 Å². The molecule has 2 N–H and O–H groups in total. The molecule has 2 rings (SSSR count). The van der Waals surface area contributed by atoms with Crippen LogP contribution in [0.4, 0.5) is 4.79 Å². The molecule has 0 radical (unpaired) electrons. The van der Waals surface area contributed by atoms with Gasteiger partial charge in [-0.2, -0.15) is 0 Å². The summed E-state index contributed by atoms with van der Waals surface area (Å²) in [7, 11) is 4.23. The van der Waals surface area contributed by atoms with E-state index >= 15 is 0 Å². The molecule has 2 amide bonds. The van der Waals surface area contributed by atoms with Gasteiger partial charge >= 0.3 is 6.03 Å². The first-order valence-corrected chi connectivity index (χ1v) is 6.34. The van der Waals surface area contributed by atoms with Crippen molar-refractivity contribution in [3.63, 3.8) is 0 Å². The number of carbonyl (C=O) groups is 1. The minimum atomic E-state index is 0.00984. The number of rotatable bonds is 4. The average molecular weight is 225 g/mol. The molecule has 16 heavy (non-hydrogen) atoms. The van der Waals surface area contributed by atoms with Gasteiger partial charge in [0, 0.05) is 18.1 Å². The van der Waals surface area contributed by atoms with Crippen molar-refractivity contribution in [1.29, 1.82) is 0 Å². The largest absolute Gasteiger partial charge is 0.336 e. The number of nitrogens with zero attached hydrogens (tertiary/aromatic N) is 1. The second-order valence-electron chi connectivity index (χ2n) is 5.43. The molecule has 4 heteroatoms. The van der Waals surface area contributed by atoms with E-state index in [-0.39, 0.29) is 11.6 Å². The highest BCUT2D eigenvalue weighted by molar-refractivity contribution is 5.74. The van der Waals surface area contributed by atoms with Crippen molar-refractivity contribution < 1.29 is 4.79 Å². The number of amides is 2. The Morgan fingerprint density at radius 1 is 1.31 bits per heavy atom. The normalized spacial score (nSPS) is 23.4. The number of likely N-dealkylation sites (N-methyl/N-ethyl adjacent to an activating group) is 1. The van der Waals surface area contributed by atoms with E-state index in [1.165, 1.54) is 25.7 Å². The van der Waals surface area contributed by atoms with E-state index < -0.39 is 0 Å². The molecular formula is C12H23N3O. The molecule has 4 nitrogen and oxygen atoms in total. The summed E-state index contributed by atoms with van der Waals surface area (Å²) in [6.45, 7) is 0.776. The van der Waals surface area contributed by atoms with E-state index in [2.05, 4.69) is 29.6 Å². The molecule has 2 aliphatic rings. The van der Waals surface area contributed by atoms with Crippen molar-refractivity contribution in [1.82, 2.24) is 15.5 Å². The molecule has 0 saturated heterocycles. The Morgan fingerprint density at radius 2 is 1.94 bits per heavy atom. The summed E-state index contributed by atoms with van der Waals surface area (Å²) in [6.07, 6.45) is 7.25. The quantitative estimate of drug-likeness (QED) is 0.758. The third-order valence-electron chi connectivity index (χ3n) is 3.97. The summed E-state index contributed by atoms with van der Waals surface area (Å²) < 4.78 is 0. The first kappa shape index (κ1) is 11.7. The zero-order chi connectivity index (χ0) is 11.6. The summed E-state index contributed by atoms with van der Waals surface area (Å²) in [4.78, 5) is 13.8. The van der Waals surface area contributed by atoms with Crippen LogP contribution in [-0.2, 0) is 0 Å². The molecule has 0 aromatic rings. The minimum Gasteiger partial charge on any atom is -0.336 e. The van der Waals surface area contributed by atoms with Gasteiger partial charge in [-0.1, -0.05) is 12.8 Å². The fourth-order valence-electron chi connectivity index (χ4n) is 2.52. The van der Waals surface area contributed by atoms with Gasteiger partial charge in [-0.05, 0) is 39.8 Å². The van der Waals surface area contributed by atoms with Crippen LogP contribution in [0.15, 0.2) is 0 Å². The van der Waals surface area contributed by atoms with Crippen LogP contribution in [0.5, 0.6) is 0 Å². The lowest BCUT2D eigenvalue weighted by molar-refractivity contribution is 0.154. The van der Waals surface area contributed by atoms with E-state index in [9.17, 15) is 4.79 Å². The predicted octanol–water partition coefficient (Wildman–Crippen LogP) is 1.32. The van der Waals surface area contributed by atoms with E-state index in [0.29, 0.717) is 6.04 Å². The first-order valence-electron chi connectivity index (χ1n) is 6.34. The number of hydrogen-bond acceptors (Lipinski definition) is 2. The summed E-state index contributed by atoms with van der Waals surface area (Å²) >= 11 is 0. The highest BCUT2D eigenvalue weighted by Crippen LogP contribution is 2.33. The first-order chi connectivity index (χ1) is 7.62. The Morgan fingerprint density at radius 3 is 2.44 bits per heavy atom. The topological polar surface area (TPSA) is 44.4 Å². The number of hydrogen-bond donors (Lipinski definition) is 2. The van der Waals surface area contributed by atoms with Gasteiger partial charge in [-0.25, -0.2) is 4.79 Å². The molecule has 0 spiro atoms. The van der Waals surface area contributed by atoms with Gasteiger partial charge < -0.3 is 15.5 Å². The lowest BCUT2D eigenvalue weighted by Crippen LogP contribution is -2.52. The molecule has 0 aliphatic heterocycles. The predicted molar refractivity (Wildman–Crippen MR) is 64.4 cm³/mol. The van der Waals surface area contributed by atoms with Crippen LogP contribution < -0.4 is 10.6 Å². The highest BCUT2D eigenvalue weighted by Gasteiger charge is 2.36. The Hall–Kier alpha value is -0.770. The molecule has 2 aliphatic carbocycles. The van der Waals surface area contributed by atoms with Gasteiger partial charge in [-0.3, -0.25) is 0 Å². The molecule has 0 unspecified atom stereocenters. The van der Waals surface area contributed by atoms with Crippen molar-refractivity contribution >= 4 is 6.03 Å². The van der Waals surface area contributed by atoms with Crippen LogP contribution in [0.3, 0.4) is 0 Å². The summed E-state index contributed by atoms with van der Waals surface area (Å²) in [5.41, 5.74) is 0.195. The molecule has 0 aromatic carbocycles. The standard InChI is InChI=1S/C12H23N3O/c1-15(2)12(7-3-4-8-12)9-13-11(16)14-10-5-6-10/h10H,3-9H2,1-2H3,(H2,13,14,16). The molecule has 0 bridgehead atoms. The van der Waals surface area contributed by atoms with Gasteiger partial charge in [0.25, 0.3) is 0 Å². The van der Waals surface area contributed by atoms with E-state index in [4.69, 9.17) is 0 Å².